The lowest BCUT2D eigenvalue weighted by Crippen LogP contribution is -2.56. The summed E-state index contributed by atoms with van der Waals surface area (Å²) >= 11 is 0. The van der Waals surface area contributed by atoms with Gasteiger partial charge in [0.1, 0.15) is 10.6 Å². The fourth-order valence-corrected chi connectivity index (χ4v) is 5.28. The molecule has 0 unspecified atom stereocenters. The van der Waals surface area contributed by atoms with Crippen LogP contribution in [-0.4, -0.2) is 30.3 Å². The van der Waals surface area contributed by atoms with Crippen molar-refractivity contribution in [1.29, 1.82) is 0 Å². The molecule has 2 N–H and O–H groups in total. The third-order valence-electron chi connectivity index (χ3n) is 3.44. The number of amidine groups is 1. The van der Waals surface area contributed by atoms with Gasteiger partial charge < -0.3 is 5.73 Å². The van der Waals surface area contributed by atoms with E-state index in [1.165, 1.54) is 0 Å². The van der Waals surface area contributed by atoms with Crippen LogP contribution in [0.4, 0.5) is 0 Å². The van der Waals surface area contributed by atoms with E-state index < -0.39 is 20.1 Å². The molecule has 5 heteroatoms. The molecular weight excluding hydrogens is 212 g/mol. The van der Waals surface area contributed by atoms with Crippen LogP contribution in [0.2, 0.25) is 0 Å². The highest BCUT2D eigenvalue weighted by Crippen LogP contribution is 2.41. The third kappa shape index (κ3) is 1.48. The van der Waals surface area contributed by atoms with Crippen LogP contribution in [0.25, 0.3) is 0 Å². The van der Waals surface area contributed by atoms with Gasteiger partial charge in [0.15, 0.2) is 9.84 Å². The van der Waals surface area contributed by atoms with Crippen LogP contribution in [0, 0.1) is 0 Å². The Morgan fingerprint density at radius 3 is 2.27 bits per heavy atom. The fraction of sp³-hybridized carbons (Fsp3) is 0.900. The van der Waals surface area contributed by atoms with E-state index in [4.69, 9.17) is 5.73 Å². The number of aliphatic imine (C=N–C) groups is 1. The van der Waals surface area contributed by atoms with E-state index in [2.05, 4.69) is 4.99 Å². The summed E-state index contributed by atoms with van der Waals surface area (Å²) in [6, 6.07) is 0. The second-order valence-corrected chi connectivity index (χ2v) is 7.57. The number of hydrogen-bond acceptors (Lipinski definition) is 4. The molecular formula is C10H18N2O2S. The number of nitrogens with zero attached hydrogens (tertiary/aromatic N) is 1. The Morgan fingerprint density at radius 1 is 1.27 bits per heavy atom. The second kappa shape index (κ2) is 2.97. The Bertz CT molecular complexity index is 403. The summed E-state index contributed by atoms with van der Waals surface area (Å²) in [5.74, 6) is 0.469. The van der Waals surface area contributed by atoms with Crippen LogP contribution in [0.5, 0.6) is 0 Å². The molecule has 1 aliphatic heterocycles. The van der Waals surface area contributed by atoms with Crippen LogP contribution < -0.4 is 5.73 Å². The summed E-state index contributed by atoms with van der Waals surface area (Å²) in [5, 5.41) is 0. The predicted octanol–water partition coefficient (Wildman–Crippen LogP) is 0.863. The van der Waals surface area contributed by atoms with Crippen molar-refractivity contribution in [2.45, 2.75) is 49.8 Å². The molecule has 0 saturated heterocycles. The second-order valence-electron chi connectivity index (χ2n) is 5.27. The van der Waals surface area contributed by atoms with Crippen molar-refractivity contribution < 1.29 is 8.42 Å². The Balaban J connectivity index is 2.56. The van der Waals surface area contributed by atoms with Crippen LogP contribution >= 0.6 is 0 Å². The molecule has 0 atom stereocenters. The number of sulfone groups is 1. The van der Waals surface area contributed by atoms with Crippen molar-refractivity contribution in [1.82, 2.24) is 0 Å². The van der Waals surface area contributed by atoms with Gasteiger partial charge in [-0.25, -0.2) is 8.42 Å². The monoisotopic (exact) mass is 230 g/mol. The maximum absolute atomic E-state index is 12.3. The smallest absolute Gasteiger partial charge is 0.165 e. The average molecular weight is 230 g/mol. The van der Waals surface area contributed by atoms with Gasteiger partial charge in [0.25, 0.3) is 0 Å². The van der Waals surface area contributed by atoms with Gasteiger partial charge in [-0.15, -0.1) is 0 Å². The molecule has 1 fully saturated rings. The molecule has 86 valence electrons. The summed E-state index contributed by atoms with van der Waals surface area (Å²) in [4.78, 5) is 4.36. The zero-order valence-electron chi connectivity index (χ0n) is 9.28. The quantitative estimate of drug-likeness (QED) is 0.671. The summed E-state index contributed by atoms with van der Waals surface area (Å²) < 4.78 is 23.7. The zero-order chi connectivity index (χ0) is 11.3. The van der Waals surface area contributed by atoms with Crippen LogP contribution in [0.3, 0.4) is 0 Å². The van der Waals surface area contributed by atoms with Gasteiger partial charge in [0.2, 0.25) is 0 Å². The van der Waals surface area contributed by atoms with E-state index >= 15 is 0 Å². The first-order valence-electron chi connectivity index (χ1n) is 5.37. The Hall–Kier alpha value is -0.580. The van der Waals surface area contributed by atoms with E-state index in [0.717, 1.165) is 12.8 Å². The van der Waals surface area contributed by atoms with Crippen molar-refractivity contribution in [3.8, 4) is 0 Å². The Morgan fingerprint density at radius 2 is 1.80 bits per heavy atom. The first-order valence-corrected chi connectivity index (χ1v) is 7.02. The van der Waals surface area contributed by atoms with Crippen molar-refractivity contribution in [3.05, 3.63) is 0 Å². The van der Waals surface area contributed by atoms with Crippen molar-refractivity contribution >= 4 is 15.7 Å². The number of rotatable bonds is 0. The van der Waals surface area contributed by atoms with E-state index in [1.807, 2.05) is 13.8 Å². The topological polar surface area (TPSA) is 72.5 Å². The Kier molecular flexibility index (Phi) is 2.16. The van der Waals surface area contributed by atoms with Crippen LogP contribution in [0.1, 0.15) is 39.5 Å². The largest absolute Gasteiger partial charge is 0.386 e. The lowest BCUT2D eigenvalue weighted by molar-refractivity contribution is 0.502. The summed E-state index contributed by atoms with van der Waals surface area (Å²) in [5.41, 5.74) is 5.34. The van der Waals surface area contributed by atoms with Gasteiger partial charge in [-0.2, -0.15) is 0 Å². The first-order chi connectivity index (χ1) is 6.79. The molecule has 1 saturated carbocycles. The summed E-state index contributed by atoms with van der Waals surface area (Å²) in [7, 11) is -3.14. The van der Waals surface area contributed by atoms with E-state index in [-0.39, 0.29) is 5.75 Å². The zero-order valence-corrected chi connectivity index (χ0v) is 10.1. The molecule has 1 aliphatic carbocycles. The van der Waals surface area contributed by atoms with Gasteiger partial charge in [0, 0.05) is 0 Å². The first kappa shape index (κ1) is 10.9. The van der Waals surface area contributed by atoms with Crippen molar-refractivity contribution in [2.24, 2.45) is 10.7 Å². The average Bonchev–Trinajstić information content (AvgIpc) is 2.46. The van der Waals surface area contributed by atoms with Gasteiger partial charge in [-0.05, 0) is 26.7 Å². The molecule has 2 rings (SSSR count). The minimum Gasteiger partial charge on any atom is -0.386 e. The predicted molar refractivity (Wildman–Crippen MR) is 60.7 cm³/mol. The summed E-state index contributed by atoms with van der Waals surface area (Å²) in [6.07, 6.45) is 3.19. The van der Waals surface area contributed by atoms with Gasteiger partial charge >= 0.3 is 0 Å². The van der Waals surface area contributed by atoms with Crippen LogP contribution in [0.15, 0.2) is 4.99 Å². The molecule has 4 nitrogen and oxygen atoms in total. The number of hydrogen-bond donors (Lipinski definition) is 1. The lowest BCUT2D eigenvalue weighted by atomic mass is 10.0. The van der Waals surface area contributed by atoms with E-state index in [1.54, 1.807) is 0 Å². The highest BCUT2D eigenvalue weighted by atomic mass is 32.2. The molecule has 0 radical (unpaired) electrons. The molecule has 1 spiro atoms. The molecule has 0 aromatic heterocycles. The third-order valence-corrected chi connectivity index (χ3v) is 6.33. The van der Waals surface area contributed by atoms with Crippen molar-refractivity contribution in [2.75, 3.05) is 5.75 Å². The Labute approximate surface area is 90.9 Å². The minimum absolute atomic E-state index is 0.126. The van der Waals surface area contributed by atoms with Gasteiger partial charge in [0.05, 0.1) is 11.3 Å². The number of nitrogens with two attached hydrogens (primary N) is 1. The normalized spacial score (nSPS) is 31.5. The summed E-state index contributed by atoms with van der Waals surface area (Å²) in [6.45, 7) is 3.64. The fourth-order valence-electron chi connectivity index (χ4n) is 2.74. The molecule has 0 aromatic carbocycles. The molecule has 2 aliphatic rings. The highest BCUT2D eigenvalue weighted by molar-refractivity contribution is 7.93. The molecule has 0 bridgehead atoms. The minimum atomic E-state index is -3.14. The standard InChI is InChI=1S/C10H18N2O2S/c1-9(2)7-15(13,14)10(8(11)12-9)5-3-4-6-10/h3-7H2,1-2H3,(H2,11,12). The molecule has 0 amide bonds. The lowest BCUT2D eigenvalue weighted by Gasteiger charge is -2.37. The van der Waals surface area contributed by atoms with Crippen molar-refractivity contribution in [3.63, 3.8) is 0 Å². The molecule has 15 heavy (non-hydrogen) atoms. The maximum atomic E-state index is 12.3. The highest BCUT2D eigenvalue weighted by Gasteiger charge is 2.53. The van der Waals surface area contributed by atoms with Crippen LogP contribution in [-0.2, 0) is 9.84 Å². The van der Waals surface area contributed by atoms with Gasteiger partial charge in [-0.3, -0.25) is 4.99 Å². The SMILES string of the molecule is CC1(C)CS(=O)(=O)C2(CCCC2)C(N)=N1. The van der Waals surface area contributed by atoms with Gasteiger partial charge in [-0.1, -0.05) is 12.8 Å². The maximum Gasteiger partial charge on any atom is 0.165 e. The molecule has 0 aromatic rings. The van der Waals surface area contributed by atoms with E-state index in [0.29, 0.717) is 18.7 Å². The molecule has 1 heterocycles. The van der Waals surface area contributed by atoms with E-state index in [9.17, 15) is 8.42 Å².